The second-order valence-corrected chi connectivity index (χ2v) is 4.54. The maximum atomic E-state index is 6.02. The highest BCUT2D eigenvalue weighted by atomic mass is 16.5. The minimum absolute atomic E-state index is 0.0149. The number of allylic oxidation sites excluding steroid dienone is 1. The van der Waals surface area contributed by atoms with Crippen molar-refractivity contribution in [3.05, 3.63) is 12.2 Å². The summed E-state index contributed by atoms with van der Waals surface area (Å²) in [5.74, 6) is 0. The van der Waals surface area contributed by atoms with Crippen molar-refractivity contribution < 1.29 is 4.74 Å². The minimum atomic E-state index is -0.0149. The summed E-state index contributed by atoms with van der Waals surface area (Å²) >= 11 is 0. The maximum Gasteiger partial charge on any atom is 0.0829 e. The lowest BCUT2D eigenvalue weighted by Crippen LogP contribution is -2.51. The van der Waals surface area contributed by atoms with Crippen LogP contribution < -0.4 is 5.32 Å². The van der Waals surface area contributed by atoms with Crippen molar-refractivity contribution in [3.8, 4) is 0 Å². The second kappa shape index (κ2) is 7.86. The van der Waals surface area contributed by atoms with Gasteiger partial charge in [0.1, 0.15) is 0 Å². The fraction of sp³-hybridized carbons (Fsp3) is 0.857. The van der Waals surface area contributed by atoms with Crippen LogP contribution in [0.1, 0.15) is 53.4 Å². The third-order valence-electron chi connectivity index (χ3n) is 3.47. The Morgan fingerprint density at radius 2 is 1.88 bits per heavy atom. The van der Waals surface area contributed by atoms with Crippen LogP contribution in [0.15, 0.2) is 12.2 Å². The number of hydrogen-bond acceptors (Lipinski definition) is 2. The van der Waals surface area contributed by atoms with Crippen LogP contribution in [0, 0.1) is 0 Å². The quantitative estimate of drug-likeness (QED) is 0.608. The highest BCUT2D eigenvalue weighted by molar-refractivity contribution is 4.96. The summed E-state index contributed by atoms with van der Waals surface area (Å²) in [4.78, 5) is 0. The van der Waals surface area contributed by atoms with Gasteiger partial charge >= 0.3 is 0 Å². The molecule has 16 heavy (non-hydrogen) atoms. The summed E-state index contributed by atoms with van der Waals surface area (Å²) in [6, 6.07) is 0.416. The van der Waals surface area contributed by atoms with Crippen LogP contribution >= 0.6 is 0 Å². The Kier molecular flexibility index (Phi) is 7.69. The average molecular weight is 227 g/mol. The second-order valence-electron chi connectivity index (χ2n) is 4.54. The van der Waals surface area contributed by atoms with Crippen LogP contribution in [0.4, 0.5) is 0 Å². The molecule has 0 spiro atoms. The third kappa shape index (κ3) is 4.26. The van der Waals surface area contributed by atoms with E-state index in [0.29, 0.717) is 6.04 Å². The van der Waals surface area contributed by atoms with Gasteiger partial charge < -0.3 is 10.1 Å². The van der Waals surface area contributed by atoms with Crippen molar-refractivity contribution in [2.24, 2.45) is 0 Å². The fourth-order valence-corrected chi connectivity index (χ4v) is 2.40. The number of ether oxygens (including phenoxy) is 1. The Labute approximate surface area is 101 Å². The Hall–Kier alpha value is -0.340. The molecule has 0 aliphatic heterocycles. The summed E-state index contributed by atoms with van der Waals surface area (Å²) in [6.07, 6.45) is 4.28. The molecular weight excluding hydrogens is 198 g/mol. The van der Waals surface area contributed by atoms with Gasteiger partial charge in [0.2, 0.25) is 0 Å². The Balaban J connectivity index is 4.61. The molecule has 0 heterocycles. The van der Waals surface area contributed by atoms with Crippen molar-refractivity contribution >= 4 is 0 Å². The lowest BCUT2D eigenvalue weighted by molar-refractivity contribution is -0.0721. The smallest absolute Gasteiger partial charge is 0.0829 e. The summed E-state index contributed by atoms with van der Waals surface area (Å²) in [5.41, 5.74) is 1.23. The van der Waals surface area contributed by atoms with E-state index < -0.39 is 0 Å². The molecule has 0 saturated carbocycles. The molecule has 2 nitrogen and oxygen atoms in total. The number of likely N-dealkylation sites (N-methyl/N-ethyl adjacent to an activating group) is 1. The largest absolute Gasteiger partial charge is 0.374 e. The van der Waals surface area contributed by atoms with Crippen LogP contribution in [0.3, 0.4) is 0 Å². The molecule has 0 aliphatic rings. The first kappa shape index (κ1) is 15.7. The van der Waals surface area contributed by atoms with Gasteiger partial charge in [-0.1, -0.05) is 19.4 Å². The van der Waals surface area contributed by atoms with Gasteiger partial charge in [0, 0.05) is 12.6 Å². The predicted octanol–water partition coefficient (Wildman–Crippen LogP) is 3.53. The zero-order valence-corrected chi connectivity index (χ0v) is 11.7. The van der Waals surface area contributed by atoms with E-state index in [9.17, 15) is 0 Å². The lowest BCUT2D eigenvalue weighted by atomic mass is 9.85. The van der Waals surface area contributed by atoms with Crippen molar-refractivity contribution in [2.45, 2.75) is 65.0 Å². The summed E-state index contributed by atoms with van der Waals surface area (Å²) in [5, 5.41) is 3.42. The van der Waals surface area contributed by atoms with Crippen LogP contribution in [0.5, 0.6) is 0 Å². The SMILES string of the molecule is C=C(C)CCC(NC)C(CC)(CC)OCC. The molecular formula is C14H29NO. The van der Waals surface area contributed by atoms with E-state index in [-0.39, 0.29) is 5.60 Å². The molecule has 0 radical (unpaired) electrons. The van der Waals surface area contributed by atoms with Gasteiger partial charge in [0.05, 0.1) is 5.60 Å². The molecule has 96 valence electrons. The number of nitrogens with one attached hydrogen (secondary N) is 1. The standard InChI is InChI=1S/C14H29NO/c1-7-14(8-2,16-9-3)13(15-6)11-10-12(4)5/h13,15H,4,7-11H2,1-3,5-6H3. The van der Waals surface area contributed by atoms with E-state index in [1.807, 2.05) is 7.05 Å². The van der Waals surface area contributed by atoms with Gasteiger partial charge in [-0.2, -0.15) is 0 Å². The molecule has 0 rings (SSSR count). The first-order valence-corrected chi connectivity index (χ1v) is 6.51. The molecule has 1 N–H and O–H groups in total. The molecule has 1 atom stereocenters. The predicted molar refractivity (Wildman–Crippen MR) is 71.8 cm³/mol. The number of rotatable bonds is 9. The van der Waals surface area contributed by atoms with Gasteiger partial charge in [-0.05, 0) is 46.6 Å². The Morgan fingerprint density at radius 3 is 2.19 bits per heavy atom. The lowest BCUT2D eigenvalue weighted by Gasteiger charge is -2.39. The average Bonchev–Trinajstić information content (AvgIpc) is 2.27. The van der Waals surface area contributed by atoms with Crippen LogP contribution in [0.2, 0.25) is 0 Å². The molecule has 0 aliphatic carbocycles. The van der Waals surface area contributed by atoms with Crippen LogP contribution in [0.25, 0.3) is 0 Å². The molecule has 0 saturated heterocycles. The zero-order chi connectivity index (χ0) is 12.6. The van der Waals surface area contributed by atoms with Gasteiger partial charge in [-0.25, -0.2) is 0 Å². The Morgan fingerprint density at radius 1 is 1.31 bits per heavy atom. The summed E-state index contributed by atoms with van der Waals surface area (Å²) < 4.78 is 6.02. The van der Waals surface area contributed by atoms with Crippen LogP contribution in [-0.2, 0) is 4.74 Å². The zero-order valence-electron chi connectivity index (χ0n) is 11.7. The normalized spacial score (nSPS) is 13.8. The summed E-state index contributed by atoms with van der Waals surface area (Å²) in [7, 11) is 2.03. The van der Waals surface area contributed by atoms with E-state index >= 15 is 0 Å². The molecule has 2 heteroatoms. The van der Waals surface area contributed by atoms with Crippen molar-refractivity contribution in [1.82, 2.24) is 5.32 Å². The van der Waals surface area contributed by atoms with Gasteiger partial charge in [0.25, 0.3) is 0 Å². The summed E-state index contributed by atoms with van der Waals surface area (Å²) in [6.45, 7) is 13.3. The van der Waals surface area contributed by atoms with Gasteiger partial charge in [-0.3, -0.25) is 0 Å². The first-order valence-electron chi connectivity index (χ1n) is 6.51. The van der Waals surface area contributed by atoms with Crippen molar-refractivity contribution in [2.75, 3.05) is 13.7 Å². The minimum Gasteiger partial charge on any atom is -0.374 e. The van der Waals surface area contributed by atoms with E-state index in [1.54, 1.807) is 0 Å². The van der Waals surface area contributed by atoms with E-state index in [4.69, 9.17) is 4.74 Å². The molecule has 0 bridgehead atoms. The topological polar surface area (TPSA) is 21.3 Å². The van der Waals surface area contributed by atoms with Gasteiger partial charge in [0.15, 0.2) is 0 Å². The van der Waals surface area contributed by atoms with E-state index in [1.165, 1.54) is 5.57 Å². The first-order chi connectivity index (χ1) is 7.56. The molecule has 0 fully saturated rings. The monoisotopic (exact) mass is 227 g/mol. The molecule has 0 aromatic rings. The Bertz CT molecular complexity index is 197. The molecule has 0 aromatic heterocycles. The highest BCUT2D eigenvalue weighted by Gasteiger charge is 2.34. The van der Waals surface area contributed by atoms with Crippen molar-refractivity contribution in [3.63, 3.8) is 0 Å². The third-order valence-corrected chi connectivity index (χ3v) is 3.47. The van der Waals surface area contributed by atoms with E-state index in [2.05, 4.69) is 39.6 Å². The highest BCUT2D eigenvalue weighted by Crippen LogP contribution is 2.28. The maximum absolute atomic E-state index is 6.02. The van der Waals surface area contributed by atoms with Crippen LogP contribution in [-0.4, -0.2) is 25.3 Å². The fourth-order valence-electron chi connectivity index (χ4n) is 2.40. The number of hydrogen-bond donors (Lipinski definition) is 1. The molecule has 1 unspecified atom stereocenters. The molecule has 0 amide bonds. The van der Waals surface area contributed by atoms with Gasteiger partial charge in [-0.15, -0.1) is 6.58 Å². The van der Waals surface area contributed by atoms with Crippen molar-refractivity contribution in [1.29, 1.82) is 0 Å². The van der Waals surface area contributed by atoms with E-state index in [0.717, 1.165) is 32.3 Å². The molecule has 0 aromatic carbocycles.